The van der Waals surface area contributed by atoms with Crippen molar-refractivity contribution in [2.75, 3.05) is 41.0 Å². The average molecular weight is 405 g/mol. The maximum atomic E-state index is 12.4. The van der Waals surface area contributed by atoms with Crippen LogP contribution in [0, 0.1) is 0 Å². The van der Waals surface area contributed by atoms with E-state index in [0.717, 1.165) is 31.4 Å². The molecule has 0 radical (unpaired) electrons. The van der Waals surface area contributed by atoms with E-state index in [4.69, 9.17) is 18.9 Å². The number of esters is 1. The third-order valence-electron chi connectivity index (χ3n) is 4.97. The van der Waals surface area contributed by atoms with Crippen LogP contribution in [0.15, 0.2) is 18.2 Å². The van der Waals surface area contributed by atoms with Crippen molar-refractivity contribution in [2.45, 2.75) is 38.6 Å². The van der Waals surface area contributed by atoms with Gasteiger partial charge in [0.1, 0.15) is 6.04 Å². The Morgan fingerprint density at radius 3 is 2.38 bits per heavy atom. The Kier molecular flexibility index (Phi) is 8.99. The second kappa shape index (κ2) is 11.5. The van der Waals surface area contributed by atoms with Gasteiger partial charge in [-0.3, -0.25) is 14.5 Å². The molecule has 0 aromatic heterocycles. The van der Waals surface area contributed by atoms with Crippen LogP contribution in [-0.2, 0) is 14.3 Å². The van der Waals surface area contributed by atoms with E-state index in [9.17, 15) is 9.59 Å². The minimum Gasteiger partial charge on any atom is -0.493 e. The molecule has 1 saturated heterocycles. The van der Waals surface area contributed by atoms with E-state index in [-0.39, 0.29) is 17.8 Å². The van der Waals surface area contributed by atoms with Gasteiger partial charge in [-0.05, 0) is 50.1 Å². The van der Waals surface area contributed by atoms with Crippen LogP contribution in [0.4, 0.5) is 0 Å². The van der Waals surface area contributed by atoms with E-state index in [0.29, 0.717) is 36.8 Å². The number of likely N-dealkylation sites (tertiary alicyclic amines) is 1. The van der Waals surface area contributed by atoms with Gasteiger partial charge in [0.05, 0.1) is 27.9 Å². The summed E-state index contributed by atoms with van der Waals surface area (Å²) in [6.45, 7) is 3.54. The first-order chi connectivity index (χ1) is 14.0. The summed E-state index contributed by atoms with van der Waals surface area (Å²) < 4.78 is 21.1. The molecule has 0 saturated carbocycles. The standard InChI is InChI=1S/C22H31NO6/c1-5-29-22(25)18-8-6-7-12-23(18)13-11-17(24)10-9-16-14-19(26-2)21(28-4)20(15-16)27-3/h9-10,14-15,18H,5-8,11-13H2,1-4H3. The number of benzene rings is 1. The quantitative estimate of drug-likeness (QED) is 0.437. The first-order valence-corrected chi connectivity index (χ1v) is 9.95. The molecule has 0 amide bonds. The lowest BCUT2D eigenvalue weighted by Crippen LogP contribution is -2.46. The molecule has 1 aromatic rings. The fourth-order valence-corrected chi connectivity index (χ4v) is 3.49. The van der Waals surface area contributed by atoms with Gasteiger partial charge in [0.2, 0.25) is 5.75 Å². The second-order valence-electron chi connectivity index (χ2n) is 6.81. The van der Waals surface area contributed by atoms with Gasteiger partial charge in [-0.15, -0.1) is 0 Å². The normalized spacial score (nSPS) is 17.2. The molecule has 2 rings (SSSR count). The predicted octanol–water partition coefficient (Wildman–Crippen LogP) is 3.10. The Labute approximate surface area is 172 Å². The van der Waals surface area contributed by atoms with Gasteiger partial charge in [0, 0.05) is 13.0 Å². The topological polar surface area (TPSA) is 74.3 Å². The SMILES string of the molecule is CCOC(=O)C1CCCCN1CCC(=O)C=Cc1cc(OC)c(OC)c(OC)c1. The van der Waals surface area contributed by atoms with Crippen LogP contribution in [0.25, 0.3) is 6.08 Å². The van der Waals surface area contributed by atoms with E-state index >= 15 is 0 Å². The van der Waals surface area contributed by atoms with Crippen LogP contribution >= 0.6 is 0 Å². The van der Waals surface area contributed by atoms with E-state index < -0.39 is 0 Å². The molecule has 1 heterocycles. The number of nitrogens with zero attached hydrogens (tertiary/aromatic N) is 1. The van der Waals surface area contributed by atoms with Crippen molar-refractivity contribution in [1.82, 2.24) is 4.90 Å². The molecule has 7 nitrogen and oxygen atoms in total. The first-order valence-electron chi connectivity index (χ1n) is 9.95. The van der Waals surface area contributed by atoms with Gasteiger partial charge in [-0.1, -0.05) is 12.5 Å². The third kappa shape index (κ3) is 6.22. The monoisotopic (exact) mass is 405 g/mol. The van der Waals surface area contributed by atoms with Crippen molar-refractivity contribution >= 4 is 17.8 Å². The van der Waals surface area contributed by atoms with Crippen molar-refractivity contribution in [3.05, 3.63) is 23.8 Å². The summed E-state index contributed by atoms with van der Waals surface area (Å²) in [4.78, 5) is 26.6. The molecule has 0 aliphatic carbocycles. The minimum absolute atomic E-state index is 0.00747. The lowest BCUT2D eigenvalue weighted by molar-refractivity contribution is -0.151. The van der Waals surface area contributed by atoms with E-state index in [2.05, 4.69) is 4.90 Å². The Morgan fingerprint density at radius 1 is 1.10 bits per heavy atom. The van der Waals surface area contributed by atoms with Gasteiger partial charge in [-0.25, -0.2) is 0 Å². The van der Waals surface area contributed by atoms with Crippen LogP contribution in [-0.4, -0.2) is 63.7 Å². The van der Waals surface area contributed by atoms with Crippen LogP contribution in [0.2, 0.25) is 0 Å². The Morgan fingerprint density at radius 2 is 1.79 bits per heavy atom. The van der Waals surface area contributed by atoms with Crippen molar-refractivity contribution < 1.29 is 28.5 Å². The fourth-order valence-electron chi connectivity index (χ4n) is 3.49. The number of piperidine rings is 1. The number of hydrogen-bond donors (Lipinski definition) is 0. The first kappa shape index (κ1) is 22.7. The maximum Gasteiger partial charge on any atom is 0.323 e. The summed E-state index contributed by atoms with van der Waals surface area (Å²) in [6, 6.07) is 3.33. The van der Waals surface area contributed by atoms with E-state index in [1.807, 2.05) is 6.92 Å². The molecular formula is C22H31NO6. The molecule has 160 valence electrons. The zero-order valence-electron chi connectivity index (χ0n) is 17.7. The minimum atomic E-state index is -0.240. The molecule has 1 aliphatic heterocycles. The number of ketones is 1. The highest BCUT2D eigenvalue weighted by atomic mass is 16.5. The third-order valence-corrected chi connectivity index (χ3v) is 4.97. The van der Waals surface area contributed by atoms with Gasteiger partial charge in [0.15, 0.2) is 17.3 Å². The van der Waals surface area contributed by atoms with Crippen LogP contribution in [0.3, 0.4) is 0 Å². The highest BCUT2D eigenvalue weighted by Gasteiger charge is 2.29. The summed E-state index contributed by atoms with van der Waals surface area (Å²) in [5.74, 6) is 1.38. The second-order valence-corrected chi connectivity index (χ2v) is 6.81. The Hall–Kier alpha value is -2.54. The number of rotatable bonds is 10. The molecule has 1 atom stereocenters. The molecule has 1 fully saturated rings. The van der Waals surface area contributed by atoms with E-state index in [1.165, 1.54) is 0 Å². The molecular weight excluding hydrogens is 374 g/mol. The average Bonchev–Trinajstić information content (AvgIpc) is 2.75. The highest BCUT2D eigenvalue weighted by Crippen LogP contribution is 2.38. The lowest BCUT2D eigenvalue weighted by Gasteiger charge is -2.33. The number of allylic oxidation sites excluding steroid dienone is 1. The Balaban J connectivity index is 1.99. The molecule has 0 N–H and O–H groups in total. The van der Waals surface area contributed by atoms with Crippen molar-refractivity contribution in [1.29, 1.82) is 0 Å². The molecule has 7 heteroatoms. The van der Waals surface area contributed by atoms with Crippen molar-refractivity contribution in [2.24, 2.45) is 0 Å². The number of ether oxygens (including phenoxy) is 4. The summed E-state index contributed by atoms with van der Waals surface area (Å²) in [5, 5.41) is 0. The highest BCUT2D eigenvalue weighted by molar-refractivity contribution is 5.93. The maximum absolute atomic E-state index is 12.4. The molecule has 29 heavy (non-hydrogen) atoms. The lowest BCUT2D eigenvalue weighted by atomic mass is 10.0. The Bertz CT molecular complexity index is 705. The number of carbonyl (C=O) groups is 2. The van der Waals surface area contributed by atoms with E-state index in [1.54, 1.807) is 45.6 Å². The van der Waals surface area contributed by atoms with Gasteiger partial charge >= 0.3 is 5.97 Å². The molecule has 1 aromatic carbocycles. The number of hydrogen-bond acceptors (Lipinski definition) is 7. The predicted molar refractivity (Wildman–Crippen MR) is 111 cm³/mol. The number of carbonyl (C=O) groups excluding carboxylic acids is 2. The fraction of sp³-hybridized carbons (Fsp3) is 0.545. The van der Waals surface area contributed by atoms with Gasteiger partial charge < -0.3 is 18.9 Å². The summed E-state index contributed by atoms with van der Waals surface area (Å²) in [6.07, 6.45) is 6.45. The summed E-state index contributed by atoms with van der Waals surface area (Å²) in [5.41, 5.74) is 0.773. The molecule has 1 aliphatic rings. The zero-order chi connectivity index (χ0) is 21.2. The van der Waals surface area contributed by atoms with Gasteiger partial charge in [0.25, 0.3) is 0 Å². The molecule has 1 unspecified atom stereocenters. The molecule has 0 bridgehead atoms. The zero-order valence-corrected chi connectivity index (χ0v) is 17.7. The van der Waals surface area contributed by atoms with Crippen molar-refractivity contribution in [3.63, 3.8) is 0 Å². The summed E-state index contributed by atoms with van der Waals surface area (Å²) >= 11 is 0. The molecule has 0 spiro atoms. The largest absolute Gasteiger partial charge is 0.493 e. The van der Waals surface area contributed by atoms with Crippen molar-refractivity contribution in [3.8, 4) is 17.2 Å². The van der Waals surface area contributed by atoms with Crippen LogP contribution in [0.5, 0.6) is 17.2 Å². The van der Waals surface area contributed by atoms with Crippen LogP contribution < -0.4 is 14.2 Å². The smallest absolute Gasteiger partial charge is 0.323 e. The number of methoxy groups -OCH3 is 3. The summed E-state index contributed by atoms with van der Waals surface area (Å²) in [7, 11) is 4.65. The van der Waals surface area contributed by atoms with Gasteiger partial charge in [-0.2, -0.15) is 0 Å². The van der Waals surface area contributed by atoms with Crippen LogP contribution in [0.1, 0.15) is 38.2 Å².